The van der Waals surface area contributed by atoms with E-state index in [-0.39, 0.29) is 18.2 Å². The van der Waals surface area contributed by atoms with Crippen LogP contribution >= 0.6 is 12.4 Å². The van der Waals surface area contributed by atoms with Gasteiger partial charge in [0.25, 0.3) is 10.1 Å². The van der Waals surface area contributed by atoms with E-state index < -0.39 is 10.1 Å². The zero-order chi connectivity index (χ0) is 13.7. The largest absolute Gasteiger partial charge is 0.309 e. The third kappa shape index (κ3) is 29.6. The van der Waals surface area contributed by atoms with Gasteiger partial charge in [0.2, 0.25) is 0 Å². The maximum Gasteiger partial charge on any atom is 0.264 e. The van der Waals surface area contributed by atoms with E-state index >= 15 is 0 Å². The Morgan fingerprint density at radius 1 is 1.22 bits per heavy atom. The van der Waals surface area contributed by atoms with Gasteiger partial charge in [-0.25, -0.2) is 9.98 Å². The minimum atomic E-state index is -3.66. The summed E-state index contributed by atoms with van der Waals surface area (Å²) in [7, 11) is 0.457. The topological polar surface area (TPSA) is 82.3 Å². The molecule has 0 rings (SSSR count). The first kappa shape index (κ1) is 22.7. The van der Waals surface area contributed by atoms with Gasteiger partial charge in [-0.15, -0.1) is 12.4 Å². The van der Waals surface area contributed by atoms with Crippen LogP contribution in [0.15, 0.2) is 9.98 Å². The molecule has 8 heteroatoms. The first-order valence-corrected chi connectivity index (χ1v) is 7.12. The van der Waals surface area contributed by atoms with Gasteiger partial charge < -0.3 is 4.90 Å². The van der Waals surface area contributed by atoms with Crippen molar-refractivity contribution in [2.24, 2.45) is 9.98 Å². The van der Waals surface area contributed by atoms with E-state index in [9.17, 15) is 8.42 Å². The first-order valence-electron chi connectivity index (χ1n) is 5.51. The molecular formula is C10H24ClN3O3S. The van der Waals surface area contributed by atoms with Gasteiger partial charge >= 0.3 is 0 Å². The second-order valence-electron chi connectivity index (χ2n) is 3.48. The number of nitrogens with zero attached hydrogens (tertiary/aromatic N) is 3. The monoisotopic (exact) mass is 301 g/mol. The minimum absolute atomic E-state index is 0. The third-order valence-electron chi connectivity index (χ3n) is 1.54. The lowest BCUT2D eigenvalue weighted by Crippen LogP contribution is -2.13. The third-order valence-corrected chi connectivity index (χ3v) is 2.27. The second kappa shape index (κ2) is 14.6. The molecule has 0 aromatic rings. The Morgan fingerprint density at radius 3 is 2.06 bits per heavy atom. The molecule has 0 aliphatic rings. The van der Waals surface area contributed by atoms with Gasteiger partial charge in [-0.1, -0.05) is 0 Å². The zero-order valence-corrected chi connectivity index (χ0v) is 13.1. The van der Waals surface area contributed by atoms with Crippen LogP contribution in [0.5, 0.6) is 0 Å². The lowest BCUT2D eigenvalue weighted by Gasteiger charge is -2.05. The van der Waals surface area contributed by atoms with Gasteiger partial charge in [-0.05, 0) is 40.9 Å². The van der Waals surface area contributed by atoms with Gasteiger partial charge in [0.15, 0.2) is 0 Å². The molecule has 0 aliphatic heterocycles. The maximum atomic E-state index is 9.56. The molecule has 0 aromatic carbocycles. The van der Waals surface area contributed by atoms with E-state index in [4.69, 9.17) is 4.55 Å². The zero-order valence-electron chi connectivity index (χ0n) is 11.5. The second-order valence-corrected chi connectivity index (χ2v) is 5.22. The molecule has 6 nitrogen and oxygen atoms in total. The first-order chi connectivity index (χ1) is 7.83. The summed E-state index contributed by atoms with van der Waals surface area (Å²) >= 11 is 0. The van der Waals surface area contributed by atoms with Crippen molar-refractivity contribution in [3.63, 3.8) is 0 Å². The summed E-state index contributed by atoms with van der Waals surface area (Å²) < 4.78 is 26.9. The van der Waals surface area contributed by atoms with Crippen molar-refractivity contribution in [2.45, 2.75) is 20.3 Å². The minimum Gasteiger partial charge on any atom is -0.309 e. The van der Waals surface area contributed by atoms with Crippen molar-refractivity contribution < 1.29 is 13.0 Å². The molecular weight excluding hydrogens is 278 g/mol. The molecule has 0 bridgehead atoms. The Hall–Kier alpha value is -0.460. The number of halogens is 1. The van der Waals surface area contributed by atoms with Crippen LogP contribution in [0.2, 0.25) is 0 Å². The molecule has 0 amide bonds. The maximum absolute atomic E-state index is 9.56. The fourth-order valence-electron chi connectivity index (χ4n) is 0.637. The summed E-state index contributed by atoms with van der Waals surface area (Å²) in [5.74, 6) is -0.201. The highest BCUT2D eigenvalue weighted by Crippen LogP contribution is 1.82. The quantitative estimate of drug-likeness (QED) is 0.457. The molecule has 0 heterocycles. The summed E-state index contributed by atoms with van der Waals surface area (Å²) in [5.41, 5.74) is 0. The Labute approximate surface area is 116 Å². The van der Waals surface area contributed by atoms with Gasteiger partial charge in [-0.3, -0.25) is 4.55 Å². The SMILES string of the molecule is CCN=C=NCCCN(C)C.CCS(=O)(=O)O.Cl. The summed E-state index contributed by atoms with van der Waals surface area (Å²) in [4.78, 5) is 9.99. The predicted octanol–water partition coefficient (Wildman–Crippen LogP) is 1.45. The van der Waals surface area contributed by atoms with Crippen LogP contribution in [-0.4, -0.2) is 63.4 Å². The van der Waals surface area contributed by atoms with Crippen LogP contribution in [0.3, 0.4) is 0 Å². The molecule has 0 radical (unpaired) electrons. The van der Waals surface area contributed by atoms with Gasteiger partial charge in [-0.2, -0.15) is 8.42 Å². The number of rotatable bonds is 6. The Morgan fingerprint density at radius 2 is 1.72 bits per heavy atom. The Balaban J connectivity index is -0.000000277. The average Bonchev–Trinajstić information content (AvgIpc) is 2.23. The molecule has 0 fully saturated rings. The number of hydrogen-bond acceptors (Lipinski definition) is 5. The van der Waals surface area contributed by atoms with Gasteiger partial charge in [0.05, 0.1) is 18.3 Å². The average molecular weight is 302 g/mol. The van der Waals surface area contributed by atoms with Crippen molar-refractivity contribution in [3.05, 3.63) is 0 Å². The van der Waals surface area contributed by atoms with E-state index in [0.717, 1.165) is 26.1 Å². The van der Waals surface area contributed by atoms with E-state index in [1.54, 1.807) is 0 Å². The summed E-state index contributed by atoms with van der Waals surface area (Å²) in [6.07, 6.45) is 1.08. The van der Waals surface area contributed by atoms with Crippen molar-refractivity contribution in [3.8, 4) is 0 Å². The molecule has 18 heavy (non-hydrogen) atoms. The van der Waals surface area contributed by atoms with E-state index in [2.05, 4.69) is 35.0 Å². The van der Waals surface area contributed by atoms with Crippen LogP contribution in [-0.2, 0) is 10.1 Å². The summed E-state index contributed by atoms with van der Waals surface area (Å²) in [6.45, 7) is 6.04. The van der Waals surface area contributed by atoms with Crippen molar-refractivity contribution in [2.75, 3.05) is 39.5 Å². The molecule has 110 valence electrons. The molecule has 0 saturated carbocycles. The van der Waals surface area contributed by atoms with Crippen LogP contribution in [0.4, 0.5) is 0 Å². The van der Waals surface area contributed by atoms with Crippen LogP contribution in [0.1, 0.15) is 20.3 Å². The van der Waals surface area contributed by atoms with E-state index in [1.807, 2.05) is 6.92 Å². The lowest BCUT2D eigenvalue weighted by atomic mass is 10.4. The molecule has 0 aliphatic carbocycles. The van der Waals surface area contributed by atoms with Crippen molar-refractivity contribution >= 4 is 28.5 Å². The molecule has 0 aromatic heterocycles. The lowest BCUT2D eigenvalue weighted by molar-refractivity contribution is 0.403. The standard InChI is InChI=1S/C8H17N3.C2H6O3S.ClH/c1-4-9-8-10-6-5-7-11(2)3;1-2-6(3,4)5;/h4-7H2,1-3H3;2H2,1H3,(H,3,4,5);1H. The highest BCUT2D eigenvalue weighted by atomic mass is 35.5. The van der Waals surface area contributed by atoms with Crippen LogP contribution in [0, 0.1) is 0 Å². The van der Waals surface area contributed by atoms with Crippen molar-refractivity contribution in [1.29, 1.82) is 0 Å². The highest BCUT2D eigenvalue weighted by molar-refractivity contribution is 7.85. The molecule has 0 atom stereocenters. The van der Waals surface area contributed by atoms with Gasteiger partial charge in [0.1, 0.15) is 0 Å². The normalized spacial score (nSPS) is 9.67. The Bertz CT molecular complexity index is 325. The fraction of sp³-hybridized carbons (Fsp3) is 0.900. The van der Waals surface area contributed by atoms with E-state index in [0.29, 0.717) is 0 Å². The summed E-state index contributed by atoms with van der Waals surface area (Å²) in [6, 6.07) is 2.64. The molecule has 0 spiro atoms. The van der Waals surface area contributed by atoms with E-state index in [1.165, 1.54) is 6.92 Å². The molecule has 1 N–H and O–H groups in total. The van der Waals surface area contributed by atoms with Crippen LogP contribution in [0.25, 0.3) is 0 Å². The highest BCUT2D eigenvalue weighted by Gasteiger charge is 1.93. The van der Waals surface area contributed by atoms with Crippen LogP contribution < -0.4 is 0 Å². The molecule has 0 saturated heterocycles. The van der Waals surface area contributed by atoms with Gasteiger partial charge in [0, 0.05) is 6.54 Å². The predicted molar refractivity (Wildman–Crippen MR) is 77.8 cm³/mol. The number of hydrogen-bond donors (Lipinski definition) is 1. The smallest absolute Gasteiger partial charge is 0.264 e. The fourth-order valence-corrected chi connectivity index (χ4v) is 0.637. The Kier molecular flexibility index (Phi) is 18.4. The molecule has 0 unspecified atom stereocenters. The number of aliphatic imine (C=N–C) groups is 2. The summed E-state index contributed by atoms with van der Waals surface area (Å²) in [5, 5.41) is 0. The van der Waals surface area contributed by atoms with Crippen molar-refractivity contribution in [1.82, 2.24) is 4.90 Å².